The first-order valence-corrected chi connectivity index (χ1v) is 6.69. The van der Waals surface area contributed by atoms with Gasteiger partial charge in [0, 0.05) is 23.9 Å². The minimum Gasteiger partial charge on any atom is -0.497 e. The van der Waals surface area contributed by atoms with Crippen LogP contribution in [0.3, 0.4) is 0 Å². The van der Waals surface area contributed by atoms with Crippen molar-refractivity contribution < 1.29 is 9.47 Å². The highest BCUT2D eigenvalue weighted by atomic mass is 16.5. The van der Waals surface area contributed by atoms with Gasteiger partial charge in [-0.25, -0.2) is 0 Å². The Hall–Kier alpha value is -2.01. The molecule has 0 bridgehead atoms. The molecular formula is C15H21N3O2. The van der Waals surface area contributed by atoms with E-state index in [2.05, 4.69) is 12.0 Å². The largest absolute Gasteiger partial charge is 0.497 e. The molecule has 5 heteroatoms. The van der Waals surface area contributed by atoms with Gasteiger partial charge in [-0.1, -0.05) is 6.92 Å². The summed E-state index contributed by atoms with van der Waals surface area (Å²) in [5, 5.41) is 4.32. The maximum absolute atomic E-state index is 6.34. The van der Waals surface area contributed by atoms with E-state index >= 15 is 0 Å². The summed E-state index contributed by atoms with van der Waals surface area (Å²) in [4.78, 5) is 0. The zero-order chi connectivity index (χ0) is 14.5. The van der Waals surface area contributed by atoms with Crippen molar-refractivity contribution in [2.24, 2.45) is 5.73 Å². The molecule has 0 radical (unpaired) electrons. The molecule has 0 spiro atoms. The van der Waals surface area contributed by atoms with Crippen LogP contribution >= 0.6 is 0 Å². The van der Waals surface area contributed by atoms with Crippen molar-refractivity contribution in [2.45, 2.75) is 25.9 Å². The molecule has 2 aromatic rings. The first-order valence-electron chi connectivity index (χ1n) is 6.69. The number of rotatable bonds is 6. The molecule has 0 aliphatic rings. The second kappa shape index (κ2) is 6.43. The second-order valence-corrected chi connectivity index (χ2v) is 4.62. The molecule has 0 fully saturated rings. The highest BCUT2D eigenvalue weighted by molar-refractivity contribution is 5.45. The van der Waals surface area contributed by atoms with E-state index in [4.69, 9.17) is 15.2 Å². The van der Waals surface area contributed by atoms with Gasteiger partial charge in [-0.3, -0.25) is 4.68 Å². The summed E-state index contributed by atoms with van der Waals surface area (Å²) >= 11 is 0. The van der Waals surface area contributed by atoms with Crippen LogP contribution in [0, 0.1) is 0 Å². The van der Waals surface area contributed by atoms with Gasteiger partial charge in [-0.2, -0.15) is 5.10 Å². The third-order valence-electron chi connectivity index (χ3n) is 3.24. The molecule has 0 aliphatic heterocycles. The molecule has 2 N–H and O–H groups in total. The summed E-state index contributed by atoms with van der Waals surface area (Å²) in [5.41, 5.74) is 8.19. The van der Waals surface area contributed by atoms with Gasteiger partial charge >= 0.3 is 0 Å². The van der Waals surface area contributed by atoms with Gasteiger partial charge in [0.2, 0.25) is 0 Å². The molecule has 0 amide bonds. The van der Waals surface area contributed by atoms with Crippen LogP contribution in [0.4, 0.5) is 0 Å². The van der Waals surface area contributed by atoms with Gasteiger partial charge in [0.1, 0.15) is 11.5 Å². The van der Waals surface area contributed by atoms with Gasteiger partial charge in [0.05, 0.1) is 26.5 Å². The maximum Gasteiger partial charge on any atom is 0.124 e. The standard InChI is InChI=1S/C15H21N3O2/c1-4-7-18-10-11(9-17-18)15(16)13-8-12(19-2)5-6-14(13)20-3/h5-6,8-10,15H,4,7,16H2,1-3H3. The van der Waals surface area contributed by atoms with Gasteiger partial charge in [0.15, 0.2) is 0 Å². The van der Waals surface area contributed by atoms with E-state index < -0.39 is 0 Å². The van der Waals surface area contributed by atoms with Crippen LogP contribution in [0.25, 0.3) is 0 Å². The highest BCUT2D eigenvalue weighted by Gasteiger charge is 2.16. The van der Waals surface area contributed by atoms with Crippen molar-refractivity contribution in [1.82, 2.24) is 9.78 Å². The Balaban J connectivity index is 2.32. The van der Waals surface area contributed by atoms with Gasteiger partial charge in [-0.05, 0) is 24.6 Å². The molecule has 1 heterocycles. The molecule has 1 aromatic heterocycles. The normalized spacial score (nSPS) is 12.2. The Morgan fingerprint density at radius 2 is 2.10 bits per heavy atom. The summed E-state index contributed by atoms with van der Waals surface area (Å²) < 4.78 is 12.5. The first kappa shape index (κ1) is 14.4. The van der Waals surface area contributed by atoms with Crippen molar-refractivity contribution in [3.8, 4) is 11.5 Å². The number of nitrogens with zero attached hydrogens (tertiary/aromatic N) is 2. The van der Waals surface area contributed by atoms with E-state index in [0.717, 1.165) is 35.6 Å². The Bertz CT molecular complexity index is 566. The molecule has 1 unspecified atom stereocenters. The summed E-state index contributed by atoms with van der Waals surface area (Å²) in [6, 6.07) is 5.34. The first-order chi connectivity index (χ1) is 9.69. The average molecular weight is 275 g/mol. The number of aryl methyl sites for hydroxylation is 1. The zero-order valence-corrected chi connectivity index (χ0v) is 12.2. The molecule has 2 rings (SSSR count). The third-order valence-corrected chi connectivity index (χ3v) is 3.24. The highest BCUT2D eigenvalue weighted by Crippen LogP contribution is 2.31. The fraction of sp³-hybridized carbons (Fsp3) is 0.400. The Morgan fingerprint density at radius 3 is 2.75 bits per heavy atom. The van der Waals surface area contributed by atoms with Gasteiger partial charge < -0.3 is 15.2 Å². The molecule has 20 heavy (non-hydrogen) atoms. The van der Waals surface area contributed by atoms with Crippen molar-refractivity contribution in [2.75, 3.05) is 14.2 Å². The van der Waals surface area contributed by atoms with Gasteiger partial charge in [0.25, 0.3) is 0 Å². The van der Waals surface area contributed by atoms with Crippen molar-refractivity contribution in [1.29, 1.82) is 0 Å². The summed E-state index contributed by atoms with van der Waals surface area (Å²) in [6.07, 6.45) is 4.82. The minimum atomic E-state index is -0.286. The van der Waals surface area contributed by atoms with Crippen LogP contribution in [0.2, 0.25) is 0 Å². The molecular weight excluding hydrogens is 254 g/mol. The number of hydrogen-bond donors (Lipinski definition) is 1. The topological polar surface area (TPSA) is 62.3 Å². The Morgan fingerprint density at radius 1 is 1.30 bits per heavy atom. The molecule has 108 valence electrons. The van der Waals surface area contributed by atoms with Crippen LogP contribution in [0.5, 0.6) is 11.5 Å². The Labute approximate surface area is 119 Å². The fourth-order valence-corrected chi connectivity index (χ4v) is 2.15. The van der Waals surface area contributed by atoms with Crippen LogP contribution in [-0.2, 0) is 6.54 Å². The van der Waals surface area contributed by atoms with E-state index in [1.807, 2.05) is 29.1 Å². The Kier molecular flexibility index (Phi) is 4.63. The average Bonchev–Trinajstić information content (AvgIpc) is 2.94. The van der Waals surface area contributed by atoms with Gasteiger partial charge in [-0.15, -0.1) is 0 Å². The zero-order valence-electron chi connectivity index (χ0n) is 12.2. The van der Waals surface area contributed by atoms with E-state index in [0.29, 0.717) is 0 Å². The third kappa shape index (κ3) is 2.93. The smallest absolute Gasteiger partial charge is 0.124 e. The van der Waals surface area contributed by atoms with E-state index in [-0.39, 0.29) is 6.04 Å². The van der Waals surface area contributed by atoms with E-state index in [9.17, 15) is 0 Å². The maximum atomic E-state index is 6.34. The van der Waals surface area contributed by atoms with Crippen LogP contribution < -0.4 is 15.2 Å². The quantitative estimate of drug-likeness (QED) is 0.879. The SMILES string of the molecule is CCCn1cc(C(N)c2cc(OC)ccc2OC)cn1. The molecule has 0 saturated carbocycles. The predicted molar refractivity (Wildman–Crippen MR) is 78.1 cm³/mol. The number of nitrogens with two attached hydrogens (primary N) is 1. The predicted octanol–water partition coefficient (Wildman–Crippen LogP) is 2.36. The molecule has 0 aliphatic carbocycles. The number of methoxy groups -OCH3 is 2. The minimum absolute atomic E-state index is 0.286. The lowest BCUT2D eigenvalue weighted by Gasteiger charge is -2.15. The summed E-state index contributed by atoms with van der Waals surface area (Å²) in [7, 11) is 3.27. The van der Waals surface area contributed by atoms with Crippen molar-refractivity contribution >= 4 is 0 Å². The number of benzene rings is 1. The molecule has 0 saturated heterocycles. The fourth-order valence-electron chi connectivity index (χ4n) is 2.15. The van der Waals surface area contributed by atoms with Crippen molar-refractivity contribution in [3.63, 3.8) is 0 Å². The second-order valence-electron chi connectivity index (χ2n) is 4.62. The van der Waals surface area contributed by atoms with E-state index in [1.54, 1.807) is 20.4 Å². The molecule has 5 nitrogen and oxygen atoms in total. The lowest BCUT2D eigenvalue weighted by atomic mass is 10.0. The number of ether oxygens (including phenoxy) is 2. The van der Waals surface area contributed by atoms with Crippen molar-refractivity contribution in [3.05, 3.63) is 41.7 Å². The monoisotopic (exact) mass is 275 g/mol. The number of hydrogen-bond acceptors (Lipinski definition) is 4. The van der Waals surface area contributed by atoms with E-state index in [1.165, 1.54) is 0 Å². The van der Waals surface area contributed by atoms with Crippen LogP contribution in [-0.4, -0.2) is 24.0 Å². The molecule has 1 aromatic carbocycles. The summed E-state index contributed by atoms with van der Waals surface area (Å²) in [6.45, 7) is 3.01. The lowest BCUT2D eigenvalue weighted by Crippen LogP contribution is -2.12. The lowest BCUT2D eigenvalue weighted by molar-refractivity contribution is 0.397. The van der Waals surface area contributed by atoms with Crippen LogP contribution in [0.15, 0.2) is 30.6 Å². The summed E-state index contributed by atoms with van der Waals surface area (Å²) in [5.74, 6) is 1.51. The van der Waals surface area contributed by atoms with Crippen LogP contribution in [0.1, 0.15) is 30.5 Å². The molecule has 1 atom stereocenters. The number of aromatic nitrogens is 2.